The molecule has 0 radical (unpaired) electrons. The van der Waals surface area contributed by atoms with Gasteiger partial charge in [-0.2, -0.15) is 0 Å². The molecule has 1 saturated heterocycles. The molecule has 0 aromatic carbocycles. The van der Waals surface area contributed by atoms with Crippen LogP contribution < -0.4 is 0 Å². The minimum atomic E-state index is -0.0384. The van der Waals surface area contributed by atoms with Crippen LogP contribution in [0.1, 0.15) is 39.0 Å². The fraction of sp³-hybridized carbons (Fsp3) is 0.750. The van der Waals surface area contributed by atoms with Crippen molar-refractivity contribution in [2.24, 2.45) is 5.41 Å². The monoisotopic (exact) mass is 192 g/mol. The molecule has 0 aromatic heterocycles. The first-order valence-electron chi connectivity index (χ1n) is 5.54. The fourth-order valence-corrected chi connectivity index (χ4v) is 3.59. The van der Waals surface area contributed by atoms with Gasteiger partial charge >= 0.3 is 0 Å². The molecule has 3 rings (SSSR count). The summed E-state index contributed by atoms with van der Waals surface area (Å²) in [5.41, 5.74) is 1.34. The molecule has 1 spiro atoms. The zero-order chi connectivity index (χ0) is 9.81. The summed E-state index contributed by atoms with van der Waals surface area (Å²) < 4.78 is 5.93. The molecule has 2 atom stereocenters. The van der Waals surface area contributed by atoms with Crippen LogP contribution in [0.25, 0.3) is 0 Å². The van der Waals surface area contributed by atoms with Gasteiger partial charge in [0.05, 0.1) is 12.2 Å². The van der Waals surface area contributed by atoms with Gasteiger partial charge < -0.3 is 4.74 Å². The molecule has 2 fully saturated rings. The van der Waals surface area contributed by atoms with E-state index in [0.717, 1.165) is 12.8 Å². The van der Waals surface area contributed by atoms with Crippen molar-refractivity contribution in [1.82, 2.24) is 0 Å². The van der Waals surface area contributed by atoms with Gasteiger partial charge in [0.15, 0.2) is 5.78 Å². The number of rotatable bonds is 0. The lowest BCUT2D eigenvalue weighted by Gasteiger charge is -2.44. The van der Waals surface area contributed by atoms with Gasteiger partial charge in [-0.1, -0.05) is 12.8 Å². The van der Waals surface area contributed by atoms with Gasteiger partial charge in [-0.15, -0.1) is 0 Å². The molecule has 2 heteroatoms. The summed E-state index contributed by atoms with van der Waals surface area (Å²) in [6.45, 7) is 2.90. The number of ether oxygens (including phenoxy) is 1. The van der Waals surface area contributed by atoms with Gasteiger partial charge in [-0.3, -0.25) is 4.79 Å². The van der Waals surface area contributed by atoms with E-state index < -0.39 is 0 Å². The second kappa shape index (κ2) is 2.48. The molecule has 1 saturated carbocycles. The first-order valence-corrected chi connectivity index (χ1v) is 5.54. The maximum Gasteiger partial charge on any atom is 0.156 e. The molecule has 1 heterocycles. The largest absolute Gasteiger partial charge is 0.370 e. The van der Waals surface area contributed by atoms with E-state index >= 15 is 0 Å². The van der Waals surface area contributed by atoms with Gasteiger partial charge in [0.25, 0.3) is 0 Å². The smallest absolute Gasteiger partial charge is 0.156 e. The molecule has 0 unspecified atom stereocenters. The molecule has 0 aromatic rings. The predicted molar refractivity (Wildman–Crippen MR) is 53.0 cm³/mol. The number of hydrogen-bond donors (Lipinski definition) is 0. The highest BCUT2D eigenvalue weighted by atomic mass is 16.5. The summed E-state index contributed by atoms with van der Waals surface area (Å²) in [5, 5.41) is 0. The van der Waals surface area contributed by atoms with Crippen LogP contribution in [0.5, 0.6) is 0 Å². The van der Waals surface area contributed by atoms with Gasteiger partial charge in [0.1, 0.15) is 0 Å². The van der Waals surface area contributed by atoms with Crippen molar-refractivity contribution in [3.8, 4) is 0 Å². The van der Waals surface area contributed by atoms with Crippen LogP contribution in [0, 0.1) is 5.41 Å². The highest BCUT2D eigenvalue weighted by molar-refractivity contribution is 5.95. The summed E-state index contributed by atoms with van der Waals surface area (Å²) in [6, 6.07) is 0. The van der Waals surface area contributed by atoms with Crippen molar-refractivity contribution in [2.75, 3.05) is 6.61 Å². The second-order valence-electron chi connectivity index (χ2n) is 5.12. The number of carbonyl (C=O) groups excluding carboxylic acids is 1. The van der Waals surface area contributed by atoms with E-state index in [1.165, 1.54) is 18.4 Å². The van der Waals surface area contributed by atoms with E-state index in [1.54, 1.807) is 0 Å². The lowest BCUT2D eigenvalue weighted by molar-refractivity contribution is -0.121. The Bertz CT molecular complexity index is 331. The van der Waals surface area contributed by atoms with E-state index in [1.807, 2.05) is 6.08 Å². The Morgan fingerprint density at radius 3 is 3.00 bits per heavy atom. The molecular formula is C12H16O2. The SMILES string of the molecule is C[C@@]12CCCC[C@@]13CC(=O)C=C3CO2. The Hall–Kier alpha value is -0.630. The zero-order valence-electron chi connectivity index (χ0n) is 8.64. The van der Waals surface area contributed by atoms with Gasteiger partial charge in [0.2, 0.25) is 0 Å². The summed E-state index contributed by atoms with van der Waals surface area (Å²) in [6.07, 6.45) is 7.33. The van der Waals surface area contributed by atoms with Crippen molar-refractivity contribution < 1.29 is 9.53 Å². The normalized spacial score (nSPS) is 46.1. The van der Waals surface area contributed by atoms with Crippen LogP contribution in [0.4, 0.5) is 0 Å². The maximum atomic E-state index is 11.5. The highest BCUT2D eigenvalue weighted by Gasteiger charge is 2.59. The van der Waals surface area contributed by atoms with E-state index in [2.05, 4.69) is 6.92 Å². The zero-order valence-corrected chi connectivity index (χ0v) is 8.64. The average molecular weight is 192 g/mol. The molecule has 0 bridgehead atoms. The number of ketones is 1. The topological polar surface area (TPSA) is 26.3 Å². The van der Waals surface area contributed by atoms with Crippen molar-refractivity contribution in [1.29, 1.82) is 0 Å². The lowest BCUT2D eigenvalue weighted by atomic mass is 9.62. The number of hydrogen-bond acceptors (Lipinski definition) is 2. The second-order valence-corrected chi connectivity index (χ2v) is 5.12. The Morgan fingerprint density at radius 2 is 2.14 bits per heavy atom. The van der Waals surface area contributed by atoms with Crippen LogP contribution in [0.15, 0.2) is 11.6 Å². The van der Waals surface area contributed by atoms with E-state index in [0.29, 0.717) is 18.8 Å². The predicted octanol–water partition coefficient (Wildman–Crippen LogP) is 2.23. The first-order chi connectivity index (χ1) is 6.66. The summed E-state index contributed by atoms with van der Waals surface area (Å²) in [4.78, 5) is 11.5. The Labute approximate surface area is 84.3 Å². The van der Waals surface area contributed by atoms with E-state index in [9.17, 15) is 4.79 Å². The van der Waals surface area contributed by atoms with Crippen molar-refractivity contribution in [3.63, 3.8) is 0 Å². The molecule has 1 aliphatic heterocycles. The van der Waals surface area contributed by atoms with Gasteiger partial charge in [-0.25, -0.2) is 0 Å². The standard InChI is InChI=1S/C12H16O2/c1-11-4-2-3-5-12(11)7-10(13)6-9(12)8-14-11/h6H,2-5,7-8H2,1H3/t11-,12+/m1/s1. The van der Waals surface area contributed by atoms with Crippen LogP contribution in [0.2, 0.25) is 0 Å². The highest BCUT2D eigenvalue weighted by Crippen LogP contribution is 2.60. The number of allylic oxidation sites excluding steroid dienone is 1. The Morgan fingerprint density at radius 1 is 1.36 bits per heavy atom. The van der Waals surface area contributed by atoms with Crippen molar-refractivity contribution in [3.05, 3.63) is 11.6 Å². The van der Waals surface area contributed by atoms with Crippen LogP contribution in [0.3, 0.4) is 0 Å². The molecule has 76 valence electrons. The molecular weight excluding hydrogens is 176 g/mol. The van der Waals surface area contributed by atoms with Crippen LogP contribution in [-0.2, 0) is 9.53 Å². The van der Waals surface area contributed by atoms with Crippen molar-refractivity contribution >= 4 is 5.78 Å². The third-order valence-corrected chi connectivity index (χ3v) is 4.49. The van der Waals surface area contributed by atoms with Gasteiger partial charge in [-0.05, 0) is 31.4 Å². The minimum absolute atomic E-state index is 0.0384. The van der Waals surface area contributed by atoms with Crippen LogP contribution in [-0.4, -0.2) is 18.0 Å². The molecule has 14 heavy (non-hydrogen) atoms. The summed E-state index contributed by atoms with van der Waals surface area (Å²) >= 11 is 0. The van der Waals surface area contributed by atoms with Crippen molar-refractivity contribution in [2.45, 2.75) is 44.6 Å². The maximum absolute atomic E-state index is 11.5. The molecule has 0 amide bonds. The van der Waals surface area contributed by atoms with E-state index in [-0.39, 0.29) is 11.0 Å². The Kier molecular flexibility index (Phi) is 1.54. The van der Waals surface area contributed by atoms with Crippen LogP contribution >= 0.6 is 0 Å². The summed E-state index contributed by atoms with van der Waals surface area (Å²) in [5.74, 6) is 0.316. The number of carbonyl (C=O) groups is 1. The average Bonchev–Trinajstić information content (AvgIpc) is 2.58. The molecule has 2 aliphatic carbocycles. The summed E-state index contributed by atoms with van der Waals surface area (Å²) in [7, 11) is 0. The fourth-order valence-electron chi connectivity index (χ4n) is 3.59. The quantitative estimate of drug-likeness (QED) is 0.588. The van der Waals surface area contributed by atoms with E-state index in [4.69, 9.17) is 4.74 Å². The molecule has 2 nitrogen and oxygen atoms in total. The first kappa shape index (κ1) is 8.66. The molecule has 0 N–H and O–H groups in total. The van der Waals surface area contributed by atoms with Gasteiger partial charge in [0, 0.05) is 11.8 Å². The lowest BCUT2D eigenvalue weighted by Crippen LogP contribution is -2.45. The Balaban J connectivity index is 2.09. The molecule has 3 aliphatic rings. The third-order valence-electron chi connectivity index (χ3n) is 4.49. The third kappa shape index (κ3) is 0.830. The minimum Gasteiger partial charge on any atom is -0.370 e.